The normalized spacial score (nSPS) is 12.2. The molecule has 0 aliphatic rings. The van der Waals surface area contributed by atoms with Gasteiger partial charge in [0, 0.05) is 0 Å². The van der Waals surface area contributed by atoms with Gasteiger partial charge >= 0.3 is 0 Å². The Morgan fingerprint density at radius 3 is 1.46 bits per heavy atom. The highest BCUT2D eigenvalue weighted by atomic mass is 14.2. The molecule has 0 saturated carbocycles. The maximum absolute atomic E-state index is 2.44. The van der Waals surface area contributed by atoms with Crippen molar-refractivity contribution in [3.05, 3.63) is 182 Å². The second-order valence-corrected chi connectivity index (χ2v) is 14.4. The van der Waals surface area contributed by atoms with Crippen LogP contribution in [0.1, 0.15) is 0 Å². The smallest absolute Gasteiger partial charge is 0.00141 e. The van der Waals surface area contributed by atoms with Crippen molar-refractivity contribution < 1.29 is 0 Å². The minimum absolute atomic E-state index is 1.23. The maximum Gasteiger partial charge on any atom is -0.00141 e. The van der Waals surface area contributed by atoms with Gasteiger partial charge in [-0.25, -0.2) is 0 Å². The summed E-state index contributed by atoms with van der Waals surface area (Å²) in [7, 11) is 0. The molecule has 0 aliphatic carbocycles. The Balaban J connectivity index is 1.21. The van der Waals surface area contributed by atoms with E-state index in [0.29, 0.717) is 0 Å². The van der Waals surface area contributed by atoms with Gasteiger partial charge in [-0.2, -0.15) is 0 Å². The van der Waals surface area contributed by atoms with Gasteiger partial charge in [-0.1, -0.05) is 164 Å². The van der Waals surface area contributed by atoms with Crippen LogP contribution in [0.3, 0.4) is 0 Å². The molecule has 0 spiro atoms. The fraction of sp³-hybridized carbons (Fsp3) is 0. The number of benzene rings is 11. The predicted molar refractivity (Wildman–Crippen MR) is 226 cm³/mol. The lowest BCUT2D eigenvalue weighted by molar-refractivity contribution is 1.65. The van der Waals surface area contributed by atoms with Crippen LogP contribution < -0.4 is 0 Å². The molecule has 0 radical (unpaired) electrons. The molecule has 0 nitrogen and oxygen atoms in total. The average molecular weight is 655 g/mol. The molecule has 0 N–H and O–H groups in total. The van der Waals surface area contributed by atoms with Gasteiger partial charge in [-0.15, -0.1) is 0 Å². The van der Waals surface area contributed by atoms with E-state index in [1.807, 2.05) is 0 Å². The van der Waals surface area contributed by atoms with Crippen LogP contribution in [-0.4, -0.2) is 0 Å². The molecule has 12 rings (SSSR count). The van der Waals surface area contributed by atoms with Crippen LogP contribution in [0.25, 0.3) is 119 Å². The molecular weight excluding hydrogens is 625 g/mol. The van der Waals surface area contributed by atoms with Crippen LogP contribution in [0.5, 0.6) is 0 Å². The molecule has 0 heterocycles. The Labute approximate surface area is 300 Å². The summed E-state index contributed by atoms with van der Waals surface area (Å²) in [5.41, 5.74) is 5.02. The van der Waals surface area contributed by atoms with E-state index in [4.69, 9.17) is 0 Å². The van der Waals surface area contributed by atoms with E-state index in [-0.39, 0.29) is 0 Å². The third-order valence-corrected chi connectivity index (χ3v) is 11.7. The van der Waals surface area contributed by atoms with Crippen molar-refractivity contribution in [2.75, 3.05) is 0 Å². The molecule has 0 fully saturated rings. The summed E-state index contributed by atoms with van der Waals surface area (Å²) >= 11 is 0. The first kappa shape index (κ1) is 28.0. The van der Waals surface area contributed by atoms with Crippen LogP contribution in [-0.2, 0) is 0 Å². The molecule has 0 atom stereocenters. The topological polar surface area (TPSA) is 0 Å². The van der Waals surface area contributed by atoms with Crippen molar-refractivity contribution in [3.63, 3.8) is 0 Å². The summed E-state index contributed by atoms with van der Waals surface area (Å²) in [5, 5.41) is 23.4. The first-order chi connectivity index (χ1) is 25.8. The third-order valence-electron chi connectivity index (χ3n) is 11.7. The molecule has 52 heavy (non-hydrogen) atoms. The molecular formula is C52H30. The van der Waals surface area contributed by atoms with Crippen molar-refractivity contribution in [3.8, 4) is 22.3 Å². The van der Waals surface area contributed by atoms with E-state index in [2.05, 4.69) is 182 Å². The monoisotopic (exact) mass is 654 g/mol. The van der Waals surface area contributed by atoms with Gasteiger partial charge in [0.05, 0.1) is 0 Å². The summed E-state index contributed by atoms with van der Waals surface area (Å²) in [6, 6.07) is 68.3. The Bertz CT molecular complexity index is 3460. The van der Waals surface area contributed by atoms with Gasteiger partial charge in [0.2, 0.25) is 0 Å². The standard InChI is InChI=1S/C52H30/c1-3-17-38-31(10-1)26-27-45-47(38)29-35-11-2-4-18-39(35)48(45)36-15-5-14-34(28-36)46-30-37-16-8-21-41-40-19-6-12-32-24-25-33-13-7-20-42(50(33)49(32)40)43-22-9-23-44(46)52(43)51(37)41/h1-30H. The Hall–Kier alpha value is -6.76. The highest BCUT2D eigenvalue weighted by Crippen LogP contribution is 2.46. The summed E-state index contributed by atoms with van der Waals surface area (Å²) in [6.45, 7) is 0. The van der Waals surface area contributed by atoms with Crippen molar-refractivity contribution in [1.82, 2.24) is 0 Å². The van der Waals surface area contributed by atoms with Crippen molar-refractivity contribution in [2.45, 2.75) is 0 Å². The minimum Gasteiger partial charge on any atom is -0.0616 e. The van der Waals surface area contributed by atoms with E-state index in [1.165, 1.54) is 119 Å². The Kier molecular flexibility index (Phi) is 5.59. The summed E-state index contributed by atoms with van der Waals surface area (Å²) in [6.07, 6.45) is 0. The molecule has 0 amide bonds. The van der Waals surface area contributed by atoms with Crippen LogP contribution in [0.2, 0.25) is 0 Å². The van der Waals surface area contributed by atoms with Crippen molar-refractivity contribution in [2.24, 2.45) is 0 Å². The summed E-state index contributed by atoms with van der Waals surface area (Å²) < 4.78 is 0. The van der Waals surface area contributed by atoms with E-state index >= 15 is 0 Å². The second-order valence-electron chi connectivity index (χ2n) is 14.4. The highest BCUT2D eigenvalue weighted by Gasteiger charge is 2.19. The molecule has 0 unspecified atom stereocenters. The Morgan fingerprint density at radius 2 is 0.712 bits per heavy atom. The molecule has 0 bridgehead atoms. The quantitative estimate of drug-likeness (QED) is 0.129. The average Bonchev–Trinajstić information content (AvgIpc) is 3.21. The largest absolute Gasteiger partial charge is 0.0616 e. The third kappa shape index (κ3) is 3.76. The SMILES string of the molecule is c1cc(-c2c3ccccc3cc3c2ccc2ccccc23)cc(-c2cc3cccc4c5cccc6ccc7cccc(c8cccc2c8c34)c7c65)c1. The van der Waals surface area contributed by atoms with Crippen LogP contribution >= 0.6 is 0 Å². The lowest BCUT2D eigenvalue weighted by Gasteiger charge is -2.18. The van der Waals surface area contributed by atoms with Gasteiger partial charge in [0.1, 0.15) is 0 Å². The van der Waals surface area contributed by atoms with Gasteiger partial charge < -0.3 is 0 Å². The number of hydrogen-bond donors (Lipinski definition) is 0. The Morgan fingerprint density at radius 1 is 0.212 bits per heavy atom. The number of fused-ring (bicyclic) bond motifs is 6. The van der Waals surface area contributed by atoms with Crippen molar-refractivity contribution in [1.29, 1.82) is 0 Å². The number of hydrogen-bond acceptors (Lipinski definition) is 0. The predicted octanol–water partition coefficient (Wildman–Crippen LogP) is 14.8. The summed E-state index contributed by atoms with van der Waals surface area (Å²) in [5.74, 6) is 0. The second kappa shape index (κ2) is 10.4. The molecule has 12 aromatic carbocycles. The zero-order chi connectivity index (χ0) is 33.9. The first-order valence-electron chi connectivity index (χ1n) is 18.2. The number of rotatable bonds is 2. The summed E-state index contributed by atoms with van der Waals surface area (Å²) in [4.78, 5) is 0. The lowest BCUT2D eigenvalue weighted by atomic mass is 9.85. The van der Waals surface area contributed by atoms with Crippen LogP contribution in [0.4, 0.5) is 0 Å². The fourth-order valence-corrected chi connectivity index (χ4v) is 9.51. The molecule has 0 saturated heterocycles. The molecule has 238 valence electrons. The zero-order valence-electron chi connectivity index (χ0n) is 28.3. The minimum atomic E-state index is 1.23. The van der Waals surface area contributed by atoms with Crippen molar-refractivity contribution >= 4 is 97.0 Å². The molecule has 0 heteroatoms. The highest BCUT2D eigenvalue weighted by molar-refractivity contribution is 6.38. The fourth-order valence-electron chi connectivity index (χ4n) is 9.51. The maximum atomic E-state index is 2.44. The van der Waals surface area contributed by atoms with E-state index < -0.39 is 0 Å². The lowest BCUT2D eigenvalue weighted by Crippen LogP contribution is -1.91. The van der Waals surface area contributed by atoms with E-state index in [0.717, 1.165) is 0 Å². The van der Waals surface area contributed by atoms with E-state index in [1.54, 1.807) is 0 Å². The van der Waals surface area contributed by atoms with E-state index in [9.17, 15) is 0 Å². The van der Waals surface area contributed by atoms with Gasteiger partial charge in [0.25, 0.3) is 0 Å². The van der Waals surface area contributed by atoms with Crippen LogP contribution in [0, 0.1) is 0 Å². The molecule has 0 aliphatic heterocycles. The zero-order valence-corrected chi connectivity index (χ0v) is 28.3. The van der Waals surface area contributed by atoms with Crippen LogP contribution in [0.15, 0.2) is 182 Å². The first-order valence-corrected chi connectivity index (χ1v) is 18.2. The molecule has 0 aromatic heterocycles. The van der Waals surface area contributed by atoms with Gasteiger partial charge in [-0.05, 0) is 137 Å². The van der Waals surface area contributed by atoms with Gasteiger partial charge in [-0.3, -0.25) is 0 Å². The van der Waals surface area contributed by atoms with Gasteiger partial charge in [0.15, 0.2) is 0 Å². The molecule has 12 aromatic rings.